The molecular weight excluding hydrogens is 266 g/mol. The fourth-order valence-corrected chi connectivity index (χ4v) is 2.76. The maximum Gasteiger partial charge on any atom is 0.238 e. The molecule has 0 bridgehead atoms. The van der Waals surface area contributed by atoms with Gasteiger partial charge in [0.15, 0.2) is 5.15 Å². The van der Waals surface area contributed by atoms with Crippen LogP contribution in [0.15, 0.2) is 18.3 Å². The van der Waals surface area contributed by atoms with Crippen LogP contribution in [-0.2, 0) is 4.79 Å². The van der Waals surface area contributed by atoms with Crippen LogP contribution < -0.4 is 5.32 Å². The van der Waals surface area contributed by atoms with E-state index >= 15 is 0 Å². The molecule has 19 heavy (non-hydrogen) atoms. The Morgan fingerprint density at radius 1 is 1.58 bits per heavy atom. The molecule has 1 saturated heterocycles. The molecule has 6 heteroatoms. The molecule has 1 aromatic rings. The number of aromatic nitrogens is 1. The zero-order chi connectivity index (χ0) is 13.5. The van der Waals surface area contributed by atoms with Crippen molar-refractivity contribution in [2.45, 2.75) is 18.4 Å². The van der Waals surface area contributed by atoms with Gasteiger partial charge in [0, 0.05) is 19.3 Å². The minimum atomic E-state index is -0.549. The normalized spacial score (nSPS) is 21.8. The summed E-state index contributed by atoms with van der Waals surface area (Å²) in [6, 6.07) is 3.43. The lowest BCUT2D eigenvalue weighted by Crippen LogP contribution is -2.64. The van der Waals surface area contributed by atoms with Crippen molar-refractivity contribution in [2.24, 2.45) is 5.92 Å². The topological polar surface area (TPSA) is 65.5 Å². The molecule has 1 aliphatic heterocycles. The van der Waals surface area contributed by atoms with Gasteiger partial charge in [-0.2, -0.15) is 0 Å². The first-order valence-corrected chi connectivity index (χ1v) is 6.80. The van der Waals surface area contributed by atoms with Crippen molar-refractivity contribution in [2.75, 3.05) is 25.0 Å². The first kappa shape index (κ1) is 12.8. The van der Waals surface area contributed by atoms with Crippen LogP contribution in [0.2, 0.25) is 5.15 Å². The molecule has 0 aromatic carbocycles. The third kappa shape index (κ3) is 2.73. The van der Waals surface area contributed by atoms with Gasteiger partial charge in [0.05, 0.1) is 17.8 Å². The Bertz CT molecular complexity index is 498. The molecule has 0 spiro atoms. The largest absolute Gasteiger partial charge is 0.387 e. The highest BCUT2D eigenvalue weighted by Gasteiger charge is 2.51. The Kier molecular flexibility index (Phi) is 3.20. The van der Waals surface area contributed by atoms with Crippen LogP contribution in [0.25, 0.3) is 0 Å². The van der Waals surface area contributed by atoms with Crippen LogP contribution in [0.3, 0.4) is 0 Å². The smallest absolute Gasteiger partial charge is 0.238 e. The van der Waals surface area contributed by atoms with Crippen molar-refractivity contribution in [3.63, 3.8) is 0 Å². The van der Waals surface area contributed by atoms with Crippen LogP contribution in [0.4, 0.5) is 5.69 Å². The zero-order valence-corrected chi connectivity index (χ0v) is 11.2. The second-order valence-electron chi connectivity index (χ2n) is 5.41. The average Bonchev–Trinajstić information content (AvgIpc) is 3.14. The quantitative estimate of drug-likeness (QED) is 0.812. The third-order valence-corrected chi connectivity index (χ3v) is 4.03. The number of aliphatic hydroxyl groups is 1. The predicted octanol–water partition coefficient (Wildman–Crippen LogP) is 1.13. The van der Waals surface area contributed by atoms with Crippen LogP contribution >= 0.6 is 11.6 Å². The molecule has 1 aliphatic carbocycles. The van der Waals surface area contributed by atoms with Gasteiger partial charge >= 0.3 is 0 Å². The summed E-state index contributed by atoms with van der Waals surface area (Å²) in [5.74, 6) is 0.312. The SMILES string of the molecule is O=C(CN1CC(O)(C2CC2)C1)Nc1cccnc1Cl. The summed E-state index contributed by atoms with van der Waals surface area (Å²) >= 11 is 5.87. The molecule has 1 aromatic heterocycles. The van der Waals surface area contributed by atoms with Crippen molar-refractivity contribution in [1.29, 1.82) is 0 Å². The lowest BCUT2D eigenvalue weighted by molar-refractivity contribution is -0.132. The molecule has 0 atom stereocenters. The maximum absolute atomic E-state index is 11.8. The van der Waals surface area contributed by atoms with Crippen LogP contribution in [0, 0.1) is 5.92 Å². The van der Waals surface area contributed by atoms with Crippen LogP contribution in [0.5, 0.6) is 0 Å². The number of amides is 1. The number of anilines is 1. The van der Waals surface area contributed by atoms with Crippen molar-refractivity contribution in [1.82, 2.24) is 9.88 Å². The highest BCUT2D eigenvalue weighted by molar-refractivity contribution is 6.32. The molecular formula is C13H16ClN3O2. The minimum Gasteiger partial charge on any atom is -0.387 e. The summed E-state index contributed by atoms with van der Waals surface area (Å²) in [5.41, 5.74) is -0.0289. The molecule has 3 rings (SSSR count). The van der Waals surface area contributed by atoms with Gasteiger partial charge in [-0.15, -0.1) is 0 Å². The van der Waals surface area contributed by atoms with Gasteiger partial charge in [-0.1, -0.05) is 11.6 Å². The van der Waals surface area contributed by atoms with Crippen LogP contribution in [-0.4, -0.2) is 46.1 Å². The molecule has 0 unspecified atom stereocenters. The van der Waals surface area contributed by atoms with Crippen LogP contribution in [0.1, 0.15) is 12.8 Å². The van der Waals surface area contributed by atoms with E-state index in [4.69, 9.17) is 11.6 Å². The fourth-order valence-electron chi connectivity index (χ4n) is 2.59. The summed E-state index contributed by atoms with van der Waals surface area (Å²) < 4.78 is 0. The minimum absolute atomic E-state index is 0.132. The molecule has 2 aliphatic rings. The van der Waals surface area contributed by atoms with Gasteiger partial charge < -0.3 is 10.4 Å². The number of pyridine rings is 1. The van der Waals surface area contributed by atoms with E-state index in [1.807, 2.05) is 4.90 Å². The van der Waals surface area contributed by atoms with E-state index in [1.165, 1.54) is 0 Å². The van der Waals surface area contributed by atoms with Crippen molar-refractivity contribution in [3.05, 3.63) is 23.5 Å². The lowest BCUT2D eigenvalue weighted by atomic mass is 9.89. The molecule has 102 valence electrons. The Morgan fingerprint density at radius 3 is 2.95 bits per heavy atom. The molecule has 2 fully saturated rings. The highest BCUT2D eigenvalue weighted by Crippen LogP contribution is 2.44. The summed E-state index contributed by atoms with van der Waals surface area (Å²) in [7, 11) is 0. The predicted molar refractivity (Wildman–Crippen MR) is 72.0 cm³/mol. The van der Waals surface area contributed by atoms with Gasteiger partial charge in [-0.25, -0.2) is 4.98 Å². The molecule has 2 heterocycles. The van der Waals surface area contributed by atoms with Gasteiger partial charge in [-0.3, -0.25) is 9.69 Å². The second-order valence-corrected chi connectivity index (χ2v) is 5.77. The van der Waals surface area contributed by atoms with Gasteiger partial charge in [0.1, 0.15) is 0 Å². The summed E-state index contributed by atoms with van der Waals surface area (Å²) in [6.07, 6.45) is 3.80. The Hall–Kier alpha value is -1.17. The van der Waals surface area contributed by atoms with Crippen molar-refractivity contribution < 1.29 is 9.90 Å². The van der Waals surface area contributed by atoms with E-state index in [0.29, 0.717) is 24.7 Å². The Balaban J connectivity index is 1.49. The standard InChI is InChI=1S/C13H16ClN3O2/c14-12-10(2-1-5-15-12)16-11(18)6-17-7-13(19,8-17)9-3-4-9/h1-2,5,9,19H,3-4,6-8H2,(H,16,18). The van der Waals surface area contributed by atoms with E-state index in [1.54, 1.807) is 18.3 Å². The van der Waals surface area contributed by atoms with Gasteiger partial charge in [0.2, 0.25) is 5.91 Å². The summed E-state index contributed by atoms with van der Waals surface area (Å²) in [6.45, 7) is 1.46. The average molecular weight is 282 g/mol. The Morgan fingerprint density at radius 2 is 2.32 bits per heavy atom. The molecule has 0 radical (unpaired) electrons. The van der Waals surface area contributed by atoms with E-state index < -0.39 is 5.60 Å². The molecule has 1 saturated carbocycles. The van der Waals surface area contributed by atoms with Gasteiger partial charge in [-0.05, 0) is 30.9 Å². The maximum atomic E-state index is 11.8. The molecule has 1 amide bonds. The first-order chi connectivity index (χ1) is 9.07. The number of hydrogen-bond acceptors (Lipinski definition) is 4. The van der Waals surface area contributed by atoms with E-state index in [-0.39, 0.29) is 17.6 Å². The molecule has 2 N–H and O–H groups in total. The number of hydrogen-bond donors (Lipinski definition) is 2. The number of carbonyl (C=O) groups is 1. The summed E-state index contributed by atoms with van der Waals surface area (Å²) in [5, 5.41) is 13.2. The Labute approximate surface area is 116 Å². The fraction of sp³-hybridized carbons (Fsp3) is 0.538. The number of nitrogens with one attached hydrogen (secondary N) is 1. The monoisotopic (exact) mass is 281 g/mol. The highest BCUT2D eigenvalue weighted by atomic mass is 35.5. The van der Waals surface area contributed by atoms with E-state index in [2.05, 4.69) is 10.3 Å². The first-order valence-electron chi connectivity index (χ1n) is 6.42. The number of carbonyl (C=O) groups excluding carboxylic acids is 1. The van der Waals surface area contributed by atoms with Crippen molar-refractivity contribution in [3.8, 4) is 0 Å². The second kappa shape index (κ2) is 4.74. The van der Waals surface area contributed by atoms with E-state index in [0.717, 1.165) is 12.8 Å². The number of β-amino-alcohol motifs (C(OH)–C–C–N with tert-alkyl or cyclic N) is 1. The van der Waals surface area contributed by atoms with Gasteiger partial charge in [0.25, 0.3) is 0 Å². The number of likely N-dealkylation sites (tertiary alicyclic amines) is 1. The number of rotatable bonds is 4. The number of nitrogens with zero attached hydrogens (tertiary/aromatic N) is 2. The third-order valence-electron chi connectivity index (χ3n) is 3.73. The molecule has 5 nitrogen and oxygen atoms in total. The summed E-state index contributed by atoms with van der Waals surface area (Å²) in [4.78, 5) is 17.7. The van der Waals surface area contributed by atoms with E-state index in [9.17, 15) is 9.90 Å². The van der Waals surface area contributed by atoms with Crippen molar-refractivity contribution >= 4 is 23.2 Å². The lowest BCUT2D eigenvalue weighted by Gasteiger charge is -2.46. The zero-order valence-electron chi connectivity index (χ0n) is 10.5. The number of halogens is 1.